The highest BCUT2D eigenvalue weighted by Crippen LogP contribution is 2.23. The highest BCUT2D eigenvalue weighted by molar-refractivity contribution is 5.82. The number of nitrogens with zero attached hydrogens (tertiary/aromatic N) is 2. The maximum Gasteiger partial charge on any atom is 0.240 e. The molecule has 3 unspecified atom stereocenters. The molecule has 0 spiro atoms. The van der Waals surface area contributed by atoms with Gasteiger partial charge in [-0.15, -0.1) is 0 Å². The summed E-state index contributed by atoms with van der Waals surface area (Å²) in [6.45, 7) is 7.63. The van der Waals surface area contributed by atoms with Crippen LogP contribution in [0.15, 0.2) is 0 Å². The monoisotopic (exact) mass is 279 g/mol. The zero-order chi connectivity index (χ0) is 13.9. The fourth-order valence-corrected chi connectivity index (χ4v) is 4.14. The third-order valence-electron chi connectivity index (χ3n) is 5.40. The van der Waals surface area contributed by atoms with Gasteiger partial charge < -0.3 is 10.2 Å². The zero-order valence-electron chi connectivity index (χ0n) is 12.8. The molecule has 4 nitrogen and oxygen atoms in total. The summed E-state index contributed by atoms with van der Waals surface area (Å²) in [7, 11) is 0. The molecule has 0 aromatic rings. The normalized spacial score (nSPS) is 36.2. The van der Waals surface area contributed by atoms with Gasteiger partial charge in [0.25, 0.3) is 0 Å². The Labute approximate surface area is 122 Å². The predicted molar refractivity (Wildman–Crippen MR) is 80.6 cm³/mol. The molecule has 0 radical (unpaired) electrons. The highest BCUT2D eigenvalue weighted by Gasteiger charge is 2.34. The van der Waals surface area contributed by atoms with Crippen LogP contribution in [0.2, 0.25) is 0 Å². The molecule has 0 aromatic heterocycles. The molecular formula is C16H29N3O. The molecule has 114 valence electrons. The Morgan fingerprint density at radius 2 is 1.85 bits per heavy atom. The van der Waals surface area contributed by atoms with Crippen molar-refractivity contribution in [3.05, 3.63) is 0 Å². The summed E-state index contributed by atoms with van der Waals surface area (Å²) < 4.78 is 0. The molecule has 4 heteroatoms. The second-order valence-corrected chi connectivity index (χ2v) is 6.87. The maximum atomic E-state index is 12.8. The van der Waals surface area contributed by atoms with Crippen molar-refractivity contribution < 1.29 is 4.79 Å². The average molecular weight is 279 g/mol. The molecule has 3 heterocycles. The number of piperidine rings is 2. The summed E-state index contributed by atoms with van der Waals surface area (Å²) in [4.78, 5) is 17.5. The van der Waals surface area contributed by atoms with Crippen LogP contribution >= 0.6 is 0 Å². The first-order valence-electron chi connectivity index (χ1n) is 8.52. The van der Waals surface area contributed by atoms with Crippen LogP contribution in [-0.4, -0.2) is 60.5 Å². The summed E-state index contributed by atoms with van der Waals surface area (Å²) in [5.74, 6) is 0.851. The first kappa shape index (κ1) is 14.3. The van der Waals surface area contributed by atoms with Crippen molar-refractivity contribution >= 4 is 5.91 Å². The van der Waals surface area contributed by atoms with E-state index >= 15 is 0 Å². The van der Waals surface area contributed by atoms with E-state index in [0.29, 0.717) is 17.9 Å². The van der Waals surface area contributed by atoms with Crippen molar-refractivity contribution in [1.82, 2.24) is 15.1 Å². The van der Waals surface area contributed by atoms with Gasteiger partial charge in [-0.3, -0.25) is 9.69 Å². The van der Waals surface area contributed by atoms with E-state index in [1.165, 1.54) is 51.6 Å². The Kier molecular flexibility index (Phi) is 4.61. The summed E-state index contributed by atoms with van der Waals surface area (Å²) in [6.07, 6.45) is 7.52. The molecular weight excluding hydrogens is 250 g/mol. The van der Waals surface area contributed by atoms with Crippen LogP contribution in [0.1, 0.15) is 45.4 Å². The first-order valence-corrected chi connectivity index (χ1v) is 8.52. The van der Waals surface area contributed by atoms with Crippen LogP contribution in [0.4, 0.5) is 0 Å². The molecule has 3 fully saturated rings. The highest BCUT2D eigenvalue weighted by atomic mass is 16.2. The SMILES string of the molecule is CC1CCCNC1C(=O)N1CCCC(N2CCCC2)C1. The van der Waals surface area contributed by atoms with Gasteiger partial charge in [0.15, 0.2) is 0 Å². The number of likely N-dealkylation sites (tertiary alicyclic amines) is 2. The third kappa shape index (κ3) is 3.01. The summed E-state index contributed by atoms with van der Waals surface area (Å²) >= 11 is 0. The summed E-state index contributed by atoms with van der Waals surface area (Å²) in [5.41, 5.74) is 0. The van der Waals surface area contributed by atoms with Crippen LogP contribution in [0.25, 0.3) is 0 Å². The molecule has 20 heavy (non-hydrogen) atoms. The van der Waals surface area contributed by atoms with Gasteiger partial charge in [0.05, 0.1) is 6.04 Å². The summed E-state index contributed by atoms with van der Waals surface area (Å²) in [6, 6.07) is 0.690. The topological polar surface area (TPSA) is 35.6 Å². The molecule has 3 rings (SSSR count). The fraction of sp³-hybridized carbons (Fsp3) is 0.938. The predicted octanol–water partition coefficient (Wildman–Crippen LogP) is 1.46. The molecule has 1 amide bonds. The Morgan fingerprint density at radius 3 is 2.60 bits per heavy atom. The van der Waals surface area contributed by atoms with Crippen molar-refractivity contribution in [3.8, 4) is 0 Å². The number of carbonyl (C=O) groups excluding carboxylic acids is 1. The standard InChI is InChI=1S/C16H29N3O/c1-13-6-4-8-17-15(13)16(20)19-11-5-7-14(12-19)18-9-2-3-10-18/h13-15,17H,2-12H2,1H3. The van der Waals surface area contributed by atoms with Crippen LogP contribution in [-0.2, 0) is 4.79 Å². The molecule has 0 aromatic carbocycles. The molecule has 1 N–H and O–H groups in total. The van der Waals surface area contributed by atoms with E-state index in [4.69, 9.17) is 0 Å². The Balaban J connectivity index is 1.59. The lowest BCUT2D eigenvalue weighted by atomic mass is 9.91. The lowest BCUT2D eigenvalue weighted by Gasteiger charge is -2.40. The third-order valence-corrected chi connectivity index (χ3v) is 5.40. The van der Waals surface area contributed by atoms with E-state index in [-0.39, 0.29) is 6.04 Å². The van der Waals surface area contributed by atoms with E-state index < -0.39 is 0 Å². The van der Waals surface area contributed by atoms with E-state index in [1.807, 2.05) is 0 Å². The molecule has 0 aliphatic carbocycles. The van der Waals surface area contributed by atoms with E-state index in [2.05, 4.69) is 22.0 Å². The lowest BCUT2D eigenvalue weighted by molar-refractivity contribution is -0.137. The van der Waals surface area contributed by atoms with Crippen molar-refractivity contribution in [3.63, 3.8) is 0 Å². The van der Waals surface area contributed by atoms with E-state index in [9.17, 15) is 4.79 Å². The average Bonchev–Trinajstić information content (AvgIpc) is 3.01. The van der Waals surface area contributed by atoms with Gasteiger partial charge in [-0.2, -0.15) is 0 Å². The maximum absolute atomic E-state index is 12.8. The van der Waals surface area contributed by atoms with Gasteiger partial charge in [0, 0.05) is 19.1 Å². The number of hydrogen-bond acceptors (Lipinski definition) is 3. The van der Waals surface area contributed by atoms with Crippen LogP contribution in [0.5, 0.6) is 0 Å². The summed E-state index contributed by atoms with van der Waals surface area (Å²) in [5, 5.41) is 3.45. The minimum Gasteiger partial charge on any atom is -0.340 e. The van der Waals surface area contributed by atoms with Crippen molar-refractivity contribution in [1.29, 1.82) is 0 Å². The Bertz CT molecular complexity index is 341. The van der Waals surface area contributed by atoms with Crippen LogP contribution in [0.3, 0.4) is 0 Å². The number of carbonyl (C=O) groups is 1. The van der Waals surface area contributed by atoms with E-state index in [0.717, 1.165) is 19.6 Å². The van der Waals surface area contributed by atoms with Gasteiger partial charge in [-0.05, 0) is 64.1 Å². The molecule has 0 bridgehead atoms. The first-order chi connectivity index (χ1) is 9.75. The number of amides is 1. The second kappa shape index (κ2) is 6.44. The number of hydrogen-bond donors (Lipinski definition) is 1. The van der Waals surface area contributed by atoms with Crippen molar-refractivity contribution in [2.45, 2.75) is 57.5 Å². The quantitative estimate of drug-likeness (QED) is 0.831. The minimum absolute atomic E-state index is 0.0704. The Morgan fingerprint density at radius 1 is 1.05 bits per heavy atom. The smallest absolute Gasteiger partial charge is 0.240 e. The van der Waals surface area contributed by atoms with Gasteiger partial charge in [0.2, 0.25) is 5.91 Å². The fourth-order valence-electron chi connectivity index (χ4n) is 4.14. The molecule has 3 atom stereocenters. The number of rotatable bonds is 2. The van der Waals surface area contributed by atoms with Gasteiger partial charge in [-0.25, -0.2) is 0 Å². The molecule has 3 aliphatic heterocycles. The Hall–Kier alpha value is -0.610. The van der Waals surface area contributed by atoms with Gasteiger partial charge in [0.1, 0.15) is 0 Å². The molecule has 0 saturated carbocycles. The second-order valence-electron chi connectivity index (χ2n) is 6.87. The van der Waals surface area contributed by atoms with Crippen molar-refractivity contribution in [2.75, 3.05) is 32.7 Å². The lowest BCUT2D eigenvalue weighted by Crippen LogP contribution is -2.56. The van der Waals surface area contributed by atoms with Crippen LogP contribution < -0.4 is 5.32 Å². The van der Waals surface area contributed by atoms with Gasteiger partial charge in [-0.1, -0.05) is 6.92 Å². The number of nitrogens with one attached hydrogen (secondary N) is 1. The van der Waals surface area contributed by atoms with Crippen LogP contribution in [0, 0.1) is 5.92 Å². The zero-order valence-corrected chi connectivity index (χ0v) is 12.8. The van der Waals surface area contributed by atoms with E-state index in [1.54, 1.807) is 0 Å². The minimum atomic E-state index is 0.0704. The molecule has 3 saturated heterocycles. The molecule has 3 aliphatic rings. The largest absolute Gasteiger partial charge is 0.340 e. The van der Waals surface area contributed by atoms with Gasteiger partial charge >= 0.3 is 0 Å². The van der Waals surface area contributed by atoms with Crippen molar-refractivity contribution in [2.24, 2.45) is 5.92 Å².